The molecular formula is C21H26F6N6O4. The number of aromatic amines is 1. The maximum Gasteiger partial charge on any atom is 0.425 e. The number of carbonyl (C=O) groups is 1. The van der Waals surface area contributed by atoms with E-state index in [0.717, 1.165) is 13.1 Å². The Morgan fingerprint density at radius 1 is 1.22 bits per heavy atom. The zero-order chi connectivity index (χ0) is 27.8. The van der Waals surface area contributed by atoms with Crippen molar-refractivity contribution in [1.82, 2.24) is 20.0 Å². The van der Waals surface area contributed by atoms with Crippen molar-refractivity contribution in [2.24, 2.45) is 9.98 Å². The maximum atomic E-state index is 13.0. The summed E-state index contributed by atoms with van der Waals surface area (Å²) in [5, 5.41) is 5.00. The number of allylic oxidation sites excluding steroid dienone is 1. The zero-order valence-electron chi connectivity index (χ0n) is 20.0. The van der Waals surface area contributed by atoms with Crippen LogP contribution in [0.4, 0.5) is 26.3 Å². The third-order valence-electron chi connectivity index (χ3n) is 5.17. The number of aliphatic imine (C=N–C) groups is 2. The number of hydrogen-bond donors (Lipinski definition) is 1. The van der Waals surface area contributed by atoms with Crippen molar-refractivity contribution >= 4 is 18.6 Å². The van der Waals surface area contributed by atoms with E-state index in [4.69, 9.17) is 9.47 Å². The fourth-order valence-electron chi connectivity index (χ4n) is 3.13. The number of aromatic nitrogens is 2. The number of halogens is 6. The topological polar surface area (TPSA) is 112 Å². The molecule has 37 heavy (non-hydrogen) atoms. The molecule has 1 amide bonds. The van der Waals surface area contributed by atoms with Gasteiger partial charge in [-0.15, -0.1) is 0 Å². The molecule has 1 aliphatic heterocycles. The molecule has 2 rings (SSSR count). The van der Waals surface area contributed by atoms with Gasteiger partial charge in [-0.05, 0) is 20.6 Å². The fourth-order valence-corrected chi connectivity index (χ4v) is 3.13. The van der Waals surface area contributed by atoms with E-state index in [0.29, 0.717) is 6.20 Å². The Morgan fingerprint density at radius 3 is 2.41 bits per heavy atom. The molecule has 0 bridgehead atoms. The van der Waals surface area contributed by atoms with Crippen LogP contribution in [0.5, 0.6) is 5.75 Å². The lowest BCUT2D eigenvalue weighted by Crippen LogP contribution is -2.50. The van der Waals surface area contributed by atoms with Gasteiger partial charge in [0.25, 0.3) is 5.56 Å². The molecule has 0 saturated carbocycles. The highest BCUT2D eigenvalue weighted by Crippen LogP contribution is 2.32. The molecule has 0 spiro atoms. The smallest absolute Gasteiger partial charge is 0.425 e. The Balaban J connectivity index is 1.79. The molecule has 2 heterocycles. The largest absolute Gasteiger partial charge is 0.488 e. The minimum absolute atomic E-state index is 0.0112. The second kappa shape index (κ2) is 12.7. The van der Waals surface area contributed by atoms with E-state index in [1.165, 1.54) is 11.8 Å². The molecule has 1 atom stereocenters. The number of ether oxygens (including phenoxy) is 2. The molecule has 1 aliphatic rings. The number of hydrogen-bond acceptors (Lipinski definition) is 6. The summed E-state index contributed by atoms with van der Waals surface area (Å²) in [6.07, 6.45) is -8.74. The molecule has 0 unspecified atom stereocenters. The highest BCUT2D eigenvalue weighted by atomic mass is 19.4. The number of carbonyl (C=O) groups excluding carboxylic acids is 1. The van der Waals surface area contributed by atoms with Gasteiger partial charge in [0.1, 0.15) is 6.61 Å². The lowest BCUT2D eigenvalue weighted by molar-refractivity contribution is -0.140. The van der Waals surface area contributed by atoms with Crippen LogP contribution >= 0.6 is 0 Å². The first-order valence-corrected chi connectivity index (χ1v) is 10.9. The van der Waals surface area contributed by atoms with Crippen LogP contribution in [0.3, 0.4) is 0 Å². The van der Waals surface area contributed by atoms with E-state index in [2.05, 4.69) is 21.8 Å². The quantitative estimate of drug-likeness (QED) is 0.308. The molecule has 206 valence electrons. The third-order valence-corrected chi connectivity index (χ3v) is 5.17. The number of amides is 1. The molecule has 0 aromatic carbocycles. The third kappa shape index (κ3) is 8.87. The molecule has 1 aromatic heterocycles. The normalized spacial score (nSPS) is 16.5. The summed E-state index contributed by atoms with van der Waals surface area (Å²) in [4.78, 5) is 34.4. The van der Waals surface area contributed by atoms with E-state index in [1.54, 1.807) is 10.00 Å². The zero-order valence-corrected chi connectivity index (χ0v) is 20.0. The predicted molar refractivity (Wildman–Crippen MR) is 120 cm³/mol. The summed E-state index contributed by atoms with van der Waals surface area (Å²) in [6, 6.07) is 0. The van der Waals surface area contributed by atoms with E-state index in [-0.39, 0.29) is 57.7 Å². The number of rotatable bonds is 8. The first kappa shape index (κ1) is 29.8. The van der Waals surface area contributed by atoms with E-state index >= 15 is 0 Å². The second-order valence-corrected chi connectivity index (χ2v) is 7.94. The van der Waals surface area contributed by atoms with Crippen LogP contribution in [0.2, 0.25) is 0 Å². The number of nitrogens with zero attached hydrogens (tertiary/aromatic N) is 5. The van der Waals surface area contributed by atoms with Gasteiger partial charge in [-0.2, -0.15) is 31.4 Å². The average molecular weight is 540 g/mol. The summed E-state index contributed by atoms with van der Waals surface area (Å²) in [5.74, 6) is -0.970. The highest BCUT2D eigenvalue weighted by Gasteiger charge is 2.38. The molecule has 1 fully saturated rings. The van der Waals surface area contributed by atoms with E-state index in [1.807, 2.05) is 0 Å². The maximum absolute atomic E-state index is 13.0. The van der Waals surface area contributed by atoms with Crippen molar-refractivity contribution < 1.29 is 40.6 Å². The number of nitrogens with one attached hydrogen (secondary N) is 1. The van der Waals surface area contributed by atoms with Gasteiger partial charge in [-0.1, -0.05) is 0 Å². The molecule has 0 radical (unpaired) electrons. The Bertz CT molecular complexity index is 1060. The highest BCUT2D eigenvalue weighted by molar-refractivity contribution is 5.85. The van der Waals surface area contributed by atoms with Crippen molar-refractivity contribution in [2.75, 3.05) is 39.4 Å². The van der Waals surface area contributed by atoms with Crippen LogP contribution in [0.15, 0.2) is 32.7 Å². The fraction of sp³-hybridized carbons (Fsp3) is 0.571. The lowest BCUT2D eigenvalue weighted by atomic mass is 10.2. The van der Waals surface area contributed by atoms with Crippen LogP contribution in [-0.2, 0) is 15.7 Å². The Labute approximate surface area is 207 Å². The average Bonchev–Trinajstić information content (AvgIpc) is 2.81. The number of piperazine rings is 1. The molecule has 1 saturated heterocycles. The van der Waals surface area contributed by atoms with Gasteiger partial charge in [-0.3, -0.25) is 9.59 Å². The van der Waals surface area contributed by atoms with Gasteiger partial charge >= 0.3 is 12.4 Å². The SMILES string of the molecule is C=NC(=N/C=C(\C)C(F)(F)F)N1CCN(C(=O)CCO[C@@H](C)COc2cn[nH]c(=O)c2C(F)(F)F)CC1. The van der Waals surface area contributed by atoms with Gasteiger partial charge < -0.3 is 19.3 Å². The van der Waals surface area contributed by atoms with Gasteiger partial charge in [0.05, 0.1) is 25.3 Å². The summed E-state index contributed by atoms with van der Waals surface area (Å²) in [5.41, 5.74) is -3.83. The van der Waals surface area contributed by atoms with Crippen LogP contribution in [0.25, 0.3) is 0 Å². The number of H-pyrrole nitrogens is 1. The van der Waals surface area contributed by atoms with Gasteiger partial charge in [0.2, 0.25) is 11.9 Å². The first-order valence-electron chi connectivity index (χ1n) is 10.9. The van der Waals surface area contributed by atoms with Gasteiger partial charge in [0, 0.05) is 38.0 Å². The van der Waals surface area contributed by atoms with Crippen LogP contribution in [-0.4, -0.2) is 90.3 Å². The Morgan fingerprint density at radius 2 is 1.84 bits per heavy atom. The molecule has 0 aliphatic carbocycles. The summed E-state index contributed by atoms with van der Waals surface area (Å²) in [6.45, 7) is 6.47. The van der Waals surface area contributed by atoms with Crippen molar-refractivity contribution in [3.05, 3.63) is 33.9 Å². The standard InChI is InChI=1S/C21H26F6N6O4/c1-13(20(22,23)24)10-29-19(28-3)33-7-5-32(6-8-33)16(34)4-9-36-14(2)12-37-15-11-30-31-18(35)17(15)21(25,26)27/h10-11,14H,3-9,12H2,1-2H3,(H,31,35)/b13-10+,29-19?/t14-/m0/s1. The van der Waals surface area contributed by atoms with Gasteiger partial charge in [-0.25, -0.2) is 15.1 Å². The summed E-state index contributed by atoms with van der Waals surface area (Å²) in [7, 11) is 0. The second-order valence-electron chi connectivity index (χ2n) is 7.94. The van der Waals surface area contributed by atoms with Crippen LogP contribution < -0.4 is 10.3 Å². The molecule has 16 heteroatoms. The van der Waals surface area contributed by atoms with Crippen molar-refractivity contribution in [1.29, 1.82) is 0 Å². The number of alkyl halides is 6. The van der Waals surface area contributed by atoms with Crippen LogP contribution in [0.1, 0.15) is 25.8 Å². The summed E-state index contributed by atoms with van der Waals surface area (Å²) < 4.78 is 87.5. The number of guanidine groups is 1. The Kier molecular flexibility index (Phi) is 10.2. The monoisotopic (exact) mass is 540 g/mol. The van der Waals surface area contributed by atoms with Crippen molar-refractivity contribution in [3.63, 3.8) is 0 Å². The molecule has 1 aromatic rings. The predicted octanol–water partition coefficient (Wildman–Crippen LogP) is 2.63. The lowest BCUT2D eigenvalue weighted by Gasteiger charge is -2.35. The minimum Gasteiger partial charge on any atom is -0.488 e. The summed E-state index contributed by atoms with van der Waals surface area (Å²) >= 11 is 0. The minimum atomic E-state index is -4.93. The Hall–Kier alpha value is -3.43. The molecule has 1 N–H and O–H groups in total. The van der Waals surface area contributed by atoms with Gasteiger partial charge in [0.15, 0.2) is 11.3 Å². The van der Waals surface area contributed by atoms with E-state index < -0.39 is 40.9 Å². The van der Waals surface area contributed by atoms with Crippen molar-refractivity contribution in [3.8, 4) is 5.75 Å². The molecular weight excluding hydrogens is 514 g/mol. The molecule has 10 nitrogen and oxygen atoms in total. The van der Waals surface area contributed by atoms with Crippen molar-refractivity contribution in [2.45, 2.75) is 38.7 Å². The van der Waals surface area contributed by atoms with E-state index in [9.17, 15) is 35.9 Å². The van der Waals surface area contributed by atoms with Crippen LogP contribution in [0, 0.1) is 0 Å². The first-order chi connectivity index (χ1) is 17.2.